The van der Waals surface area contributed by atoms with Crippen molar-refractivity contribution in [2.75, 3.05) is 13.2 Å². The van der Waals surface area contributed by atoms with E-state index in [4.69, 9.17) is 5.73 Å². The van der Waals surface area contributed by atoms with Gasteiger partial charge < -0.3 is 10.8 Å². The Morgan fingerprint density at radius 3 is 2.31 bits per heavy atom. The Bertz CT molecular complexity index is 290. The van der Waals surface area contributed by atoms with Crippen LogP contribution >= 0.6 is 0 Å². The largest absolute Gasteiger partial charge is 0.396 e. The lowest BCUT2D eigenvalue weighted by molar-refractivity contribution is 0.214. The summed E-state index contributed by atoms with van der Waals surface area (Å²) in [5.74, 6) is 0.743. The van der Waals surface area contributed by atoms with Crippen molar-refractivity contribution in [2.45, 2.75) is 32.6 Å². The Hall–Kier alpha value is -0.860. The summed E-state index contributed by atoms with van der Waals surface area (Å²) in [7, 11) is 0. The lowest BCUT2D eigenvalue weighted by Crippen LogP contribution is -2.20. The van der Waals surface area contributed by atoms with Gasteiger partial charge in [0.05, 0.1) is 0 Å². The molecule has 0 heterocycles. The van der Waals surface area contributed by atoms with Crippen molar-refractivity contribution in [3.05, 3.63) is 35.4 Å². The van der Waals surface area contributed by atoms with E-state index in [2.05, 4.69) is 38.1 Å². The first-order chi connectivity index (χ1) is 7.71. The highest BCUT2D eigenvalue weighted by Gasteiger charge is 2.15. The molecule has 0 aliphatic heterocycles. The Kier molecular flexibility index (Phi) is 5.50. The summed E-state index contributed by atoms with van der Waals surface area (Å²) in [6.07, 6.45) is 2.08. The van der Waals surface area contributed by atoms with Crippen molar-refractivity contribution >= 4 is 0 Å². The first-order valence-electron chi connectivity index (χ1n) is 6.08. The van der Waals surface area contributed by atoms with Crippen LogP contribution in [0.4, 0.5) is 0 Å². The molecular weight excluding hydrogens is 198 g/mol. The summed E-state index contributed by atoms with van der Waals surface area (Å²) < 4.78 is 0. The first-order valence-corrected chi connectivity index (χ1v) is 6.08. The number of aliphatic hydroxyl groups excluding tert-OH is 1. The number of hydrogen-bond acceptors (Lipinski definition) is 2. The van der Waals surface area contributed by atoms with Gasteiger partial charge in [-0.1, -0.05) is 36.8 Å². The monoisotopic (exact) mass is 221 g/mol. The van der Waals surface area contributed by atoms with Crippen molar-refractivity contribution in [2.24, 2.45) is 11.7 Å². The van der Waals surface area contributed by atoms with E-state index in [1.54, 1.807) is 0 Å². The van der Waals surface area contributed by atoms with Crippen LogP contribution in [0.15, 0.2) is 24.3 Å². The SMILES string of the molecule is CCC(CC(CN)CO)c1ccc(C)cc1. The van der Waals surface area contributed by atoms with Crippen molar-refractivity contribution in [3.8, 4) is 0 Å². The minimum absolute atomic E-state index is 0.193. The molecule has 1 rings (SSSR count). The van der Waals surface area contributed by atoms with Gasteiger partial charge in [0.15, 0.2) is 0 Å². The van der Waals surface area contributed by atoms with Gasteiger partial charge >= 0.3 is 0 Å². The zero-order valence-corrected chi connectivity index (χ0v) is 10.3. The number of hydrogen-bond donors (Lipinski definition) is 2. The van der Waals surface area contributed by atoms with E-state index in [1.165, 1.54) is 11.1 Å². The third-order valence-electron chi connectivity index (χ3n) is 3.25. The van der Waals surface area contributed by atoms with Crippen LogP contribution in [-0.4, -0.2) is 18.3 Å². The highest BCUT2D eigenvalue weighted by atomic mass is 16.3. The normalized spacial score (nSPS) is 14.8. The third kappa shape index (κ3) is 3.62. The van der Waals surface area contributed by atoms with Gasteiger partial charge in [0.2, 0.25) is 0 Å². The zero-order valence-electron chi connectivity index (χ0n) is 10.3. The third-order valence-corrected chi connectivity index (χ3v) is 3.25. The van der Waals surface area contributed by atoms with E-state index in [0.29, 0.717) is 12.5 Å². The summed E-state index contributed by atoms with van der Waals surface area (Å²) in [4.78, 5) is 0. The lowest BCUT2D eigenvalue weighted by atomic mass is 9.87. The Balaban J connectivity index is 2.70. The Morgan fingerprint density at radius 2 is 1.88 bits per heavy atom. The van der Waals surface area contributed by atoms with Crippen molar-refractivity contribution in [1.82, 2.24) is 0 Å². The molecule has 0 radical (unpaired) electrons. The molecule has 90 valence electrons. The summed E-state index contributed by atoms with van der Waals surface area (Å²) in [5.41, 5.74) is 8.28. The molecule has 2 unspecified atom stereocenters. The second kappa shape index (κ2) is 6.66. The molecular formula is C14H23NO. The fraction of sp³-hybridized carbons (Fsp3) is 0.571. The van der Waals surface area contributed by atoms with E-state index in [-0.39, 0.29) is 12.5 Å². The second-order valence-corrected chi connectivity index (χ2v) is 4.54. The molecule has 0 saturated heterocycles. The van der Waals surface area contributed by atoms with E-state index >= 15 is 0 Å². The maximum Gasteiger partial charge on any atom is 0.0471 e. The summed E-state index contributed by atoms with van der Waals surface area (Å²) in [6, 6.07) is 8.67. The fourth-order valence-electron chi connectivity index (χ4n) is 2.02. The maximum absolute atomic E-state index is 9.18. The van der Waals surface area contributed by atoms with Crippen LogP contribution in [-0.2, 0) is 0 Å². The molecule has 0 spiro atoms. The number of nitrogens with two attached hydrogens (primary N) is 1. The van der Waals surface area contributed by atoms with Gasteiger partial charge in [0.1, 0.15) is 0 Å². The highest BCUT2D eigenvalue weighted by Crippen LogP contribution is 2.26. The van der Waals surface area contributed by atoms with Gasteiger partial charge in [-0.2, -0.15) is 0 Å². The van der Waals surface area contributed by atoms with Crippen molar-refractivity contribution in [1.29, 1.82) is 0 Å². The molecule has 0 bridgehead atoms. The molecule has 2 nitrogen and oxygen atoms in total. The predicted octanol–water partition coefficient (Wildman–Crippen LogP) is 2.45. The molecule has 2 heteroatoms. The summed E-state index contributed by atoms with van der Waals surface area (Å²) >= 11 is 0. The summed E-state index contributed by atoms with van der Waals surface area (Å²) in [6.45, 7) is 5.05. The van der Waals surface area contributed by atoms with Crippen LogP contribution in [0, 0.1) is 12.8 Å². The van der Waals surface area contributed by atoms with Gasteiger partial charge in [-0.15, -0.1) is 0 Å². The van der Waals surface area contributed by atoms with Crippen LogP contribution in [0.5, 0.6) is 0 Å². The van der Waals surface area contributed by atoms with Gasteiger partial charge in [0, 0.05) is 6.61 Å². The van der Waals surface area contributed by atoms with Crippen molar-refractivity contribution in [3.63, 3.8) is 0 Å². The smallest absolute Gasteiger partial charge is 0.0471 e. The van der Waals surface area contributed by atoms with Crippen LogP contribution in [0.1, 0.15) is 36.8 Å². The van der Waals surface area contributed by atoms with Crippen LogP contribution in [0.3, 0.4) is 0 Å². The van der Waals surface area contributed by atoms with Gasteiger partial charge in [-0.05, 0) is 43.7 Å². The molecule has 0 aliphatic carbocycles. The molecule has 2 atom stereocenters. The van der Waals surface area contributed by atoms with Crippen LogP contribution in [0.2, 0.25) is 0 Å². The van der Waals surface area contributed by atoms with E-state index in [1.807, 2.05) is 0 Å². The average Bonchev–Trinajstić information content (AvgIpc) is 2.32. The molecule has 0 aromatic heterocycles. The minimum atomic E-state index is 0.193. The number of benzene rings is 1. The Labute approximate surface area is 98.5 Å². The number of rotatable bonds is 6. The molecule has 0 amide bonds. The predicted molar refractivity (Wildman–Crippen MR) is 68.5 cm³/mol. The first kappa shape index (κ1) is 13.2. The van der Waals surface area contributed by atoms with Gasteiger partial charge in [-0.3, -0.25) is 0 Å². The Morgan fingerprint density at radius 1 is 1.25 bits per heavy atom. The summed E-state index contributed by atoms with van der Waals surface area (Å²) in [5, 5.41) is 9.18. The molecule has 1 aromatic rings. The maximum atomic E-state index is 9.18. The standard InChI is InChI=1S/C14H23NO/c1-3-13(8-12(9-15)10-16)14-6-4-11(2)5-7-14/h4-7,12-13,16H,3,8-10,15H2,1-2H3. The topological polar surface area (TPSA) is 46.2 Å². The highest BCUT2D eigenvalue weighted by molar-refractivity contribution is 5.24. The van der Waals surface area contributed by atoms with Crippen LogP contribution < -0.4 is 5.73 Å². The quantitative estimate of drug-likeness (QED) is 0.775. The molecule has 1 aromatic carbocycles. The zero-order chi connectivity index (χ0) is 12.0. The number of aliphatic hydroxyl groups is 1. The lowest BCUT2D eigenvalue weighted by Gasteiger charge is -2.20. The van der Waals surface area contributed by atoms with Gasteiger partial charge in [-0.25, -0.2) is 0 Å². The second-order valence-electron chi connectivity index (χ2n) is 4.54. The minimum Gasteiger partial charge on any atom is -0.396 e. The molecule has 0 fully saturated rings. The van der Waals surface area contributed by atoms with E-state index in [9.17, 15) is 5.11 Å². The van der Waals surface area contributed by atoms with E-state index < -0.39 is 0 Å². The van der Waals surface area contributed by atoms with Crippen molar-refractivity contribution < 1.29 is 5.11 Å². The molecule has 3 N–H and O–H groups in total. The fourth-order valence-corrected chi connectivity index (χ4v) is 2.02. The molecule has 16 heavy (non-hydrogen) atoms. The molecule has 0 saturated carbocycles. The van der Waals surface area contributed by atoms with Gasteiger partial charge in [0.25, 0.3) is 0 Å². The number of aryl methyl sites for hydroxylation is 1. The average molecular weight is 221 g/mol. The molecule has 0 aliphatic rings. The van der Waals surface area contributed by atoms with Crippen LogP contribution in [0.25, 0.3) is 0 Å². The van der Waals surface area contributed by atoms with E-state index in [0.717, 1.165) is 12.8 Å².